The molecule has 0 aromatic rings. The van der Waals surface area contributed by atoms with Crippen molar-refractivity contribution >= 4 is 5.84 Å². The van der Waals surface area contributed by atoms with Crippen LogP contribution < -0.4 is 5.73 Å². The lowest BCUT2D eigenvalue weighted by Crippen LogP contribution is -2.52. The van der Waals surface area contributed by atoms with Gasteiger partial charge < -0.3 is 15.8 Å². The fourth-order valence-electron chi connectivity index (χ4n) is 2.83. The molecule has 2 fully saturated rings. The van der Waals surface area contributed by atoms with Crippen molar-refractivity contribution in [2.45, 2.75) is 32.2 Å². The minimum Gasteiger partial charge on any atom is -0.409 e. The summed E-state index contributed by atoms with van der Waals surface area (Å²) in [5, 5.41) is 11.8. The first-order chi connectivity index (χ1) is 8.04. The first-order valence-corrected chi connectivity index (χ1v) is 6.44. The maximum Gasteiger partial charge on any atom is 0.139 e. The van der Waals surface area contributed by atoms with E-state index in [9.17, 15) is 0 Å². The Kier molecular flexibility index (Phi) is 3.58. The predicted molar refractivity (Wildman–Crippen MR) is 68.2 cm³/mol. The van der Waals surface area contributed by atoms with Gasteiger partial charge in [0.2, 0.25) is 0 Å². The zero-order valence-corrected chi connectivity index (χ0v) is 10.9. The van der Waals surface area contributed by atoms with Crippen LogP contribution in [0.15, 0.2) is 5.16 Å². The maximum absolute atomic E-state index is 8.66. The van der Waals surface area contributed by atoms with E-state index in [4.69, 9.17) is 10.9 Å². The van der Waals surface area contributed by atoms with Gasteiger partial charge in [0.15, 0.2) is 0 Å². The summed E-state index contributed by atoms with van der Waals surface area (Å²) in [4.78, 5) is 4.93. The highest BCUT2D eigenvalue weighted by Gasteiger charge is 2.45. The van der Waals surface area contributed by atoms with Gasteiger partial charge in [-0.3, -0.25) is 4.90 Å². The molecule has 5 heteroatoms. The van der Waals surface area contributed by atoms with Crippen LogP contribution in [0, 0.1) is 5.41 Å². The fraction of sp³-hybridized carbons (Fsp3) is 0.917. The molecule has 1 saturated heterocycles. The SMILES string of the molecule is CC1CN(C)CCN1CC1(CC(N)=NO)CC1. The van der Waals surface area contributed by atoms with Crippen LogP contribution in [0.1, 0.15) is 26.2 Å². The van der Waals surface area contributed by atoms with Crippen LogP contribution in [0.25, 0.3) is 0 Å². The van der Waals surface area contributed by atoms with Crippen molar-refractivity contribution in [3.8, 4) is 0 Å². The summed E-state index contributed by atoms with van der Waals surface area (Å²) in [7, 11) is 2.18. The molecule has 0 spiro atoms. The van der Waals surface area contributed by atoms with E-state index in [1.807, 2.05) is 0 Å². The average molecular weight is 240 g/mol. The molecule has 98 valence electrons. The second-order valence-corrected chi connectivity index (χ2v) is 5.85. The highest BCUT2D eigenvalue weighted by Crippen LogP contribution is 2.49. The molecule has 1 unspecified atom stereocenters. The molecule has 2 aliphatic rings. The molecule has 0 amide bonds. The molecule has 3 N–H and O–H groups in total. The smallest absolute Gasteiger partial charge is 0.139 e. The van der Waals surface area contributed by atoms with Crippen molar-refractivity contribution in [1.82, 2.24) is 9.80 Å². The van der Waals surface area contributed by atoms with E-state index in [1.165, 1.54) is 12.8 Å². The fourth-order valence-corrected chi connectivity index (χ4v) is 2.83. The average Bonchev–Trinajstić information content (AvgIpc) is 3.02. The summed E-state index contributed by atoms with van der Waals surface area (Å²) in [5.74, 6) is 0.379. The summed E-state index contributed by atoms with van der Waals surface area (Å²) >= 11 is 0. The lowest BCUT2D eigenvalue weighted by Gasteiger charge is -2.40. The second-order valence-electron chi connectivity index (χ2n) is 5.85. The highest BCUT2D eigenvalue weighted by molar-refractivity contribution is 5.80. The summed E-state index contributed by atoms with van der Waals surface area (Å²) in [6.45, 7) is 6.80. The minimum atomic E-state index is 0.292. The summed E-state index contributed by atoms with van der Waals surface area (Å²) < 4.78 is 0. The van der Waals surface area contributed by atoms with E-state index in [-0.39, 0.29) is 0 Å². The lowest BCUT2D eigenvalue weighted by molar-refractivity contribution is 0.0812. The second kappa shape index (κ2) is 4.82. The van der Waals surface area contributed by atoms with Crippen LogP contribution in [0.4, 0.5) is 0 Å². The Morgan fingerprint density at radius 1 is 1.47 bits per heavy atom. The molecule has 1 saturated carbocycles. The zero-order chi connectivity index (χ0) is 12.5. The quantitative estimate of drug-likeness (QED) is 0.326. The van der Waals surface area contributed by atoms with Crippen LogP contribution in [-0.2, 0) is 0 Å². The molecule has 17 heavy (non-hydrogen) atoms. The molecule has 1 heterocycles. The summed E-state index contributed by atoms with van der Waals surface area (Å²) in [6, 6.07) is 0.610. The number of nitrogens with two attached hydrogens (primary N) is 1. The van der Waals surface area contributed by atoms with Crippen molar-refractivity contribution in [2.75, 3.05) is 33.2 Å². The molecule has 1 aliphatic carbocycles. The number of likely N-dealkylation sites (N-methyl/N-ethyl adjacent to an activating group) is 1. The molecular weight excluding hydrogens is 216 g/mol. The van der Waals surface area contributed by atoms with Crippen LogP contribution in [0.5, 0.6) is 0 Å². The molecule has 1 aliphatic heterocycles. The Morgan fingerprint density at radius 2 is 2.18 bits per heavy atom. The van der Waals surface area contributed by atoms with Crippen molar-refractivity contribution in [2.24, 2.45) is 16.3 Å². The number of nitrogens with zero attached hydrogens (tertiary/aromatic N) is 3. The standard InChI is InChI=1S/C12H24N4O/c1-10-8-15(2)5-6-16(10)9-12(3-4-12)7-11(13)14-17/h10,17H,3-9H2,1-2H3,(H2,13,14). The van der Waals surface area contributed by atoms with Gasteiger partial charge in [-0.1, -0.05) is 5.16 Å². The van der Waals surface area contributed by atoms with Gasteiger partial charge in [-0.05, 0) is 32.2 Å². The molecule has 0 aromatic heterocycles. The van der Waals surface area contributed by atoms with Crippen LogP contribution >= 0.6 is 0 Å². The first-order valence-electron chi connectivity index (χ1n) is 6.44. The van der Waals surface area contributed by atoms with Crippen molar-refractivity contribution < 1.29 is 5.21 Å². The number of hydrogen-bond donors (Lipinski definition) is 2. The van der Waals surface area contributed by atoms with Crippen molar-refractivity contribution in [1.29, 1.82) is 0 Å². The predicted octanol–water partition coefficient (Wildman–Crippen LogP) is 0.539. The van der Waals surface area contributed by atoms with Crippen molar-refractivity contribution in [3.63, 3.8) is 0 Å². The van der Waals surface area contributed by atoms with E-state index in [0.29, 0.717) is 17.3 Å². The largest absolute Gasteiger partial charge is 0.409 e. The Balaban J connectivity index is 1.88. The number of amidine groups is 1. The Hall–Kier alpha value is -0.810. The molecule has 2 rings (SSSR count). The third-order valence-electron chi connectivity index (χ3n) is 4.15. The van der Waals surface area contributed by atoms with Crippen LogP contribution in [0.2, 0.25) is 0 Å². The number of oxime groups is 1. The van der Waals surface area contributed by atoms with E-state index in [0.717, 1.165) is 32.6 Å². The topological polar surface area (TPSA) is 65.1 Å². The van der Waals surface area contributed by atoms with Gasteiger partial charge in [0.1, 0.15) is 5.84 Å². The van der Waals surface area contributed by atoms with Crippen LogP contribution in [0.3, 0.4) is 0 Å². The van der Waals surface area contributed by atoms with E-state index in [2.05, 4.69) is 28.9 Å². The lowest BCUT2D eigenvalue weighted by atomic mass is 9.99. The van der Waals surface area contributed by atoms with E-state index in [1.54, 1.807) is 0 Å². The van der Waals surface area contributed by atoms with Gasteiger partial charge in [0.25, 0.3) is 0 Å². The van der Waals surface area contributed by atoms with Gasteiger partial charge in [-0.2, -0.15) is 0 Å². The monoisotopic (exact) mass is 240 g/mol. The number of piperazine rings is 1. The minimum absolute atomic E-state index is 0.292. The van der Waals surface area contributed by atoms with Gasteiger partial charge in [0, 0.05) is 38.6 Å². The zero-order valence-electron chi connectivity index (χ0n) is 10.9. The number of hydrogen-bond acceptors (Lipinski definition) is 4. The molecule has 0 aromatic carbocycles. The third kappa shape index (κ3) is 3.10. The summed E-state index contributed by atoms with van der Waals surface area (Å²) in [6.07, 6.45) is 3.16. The van der Waals surface area contributed by atoms with Gasteiger partial charge >= 0.3 is 0 Å². The Labute approximate surface area is 103 Å². The molecular formula is C12H24N4O. The van der Waals surface area contributed by atoms with E-state index < -0.39 is 0 Å². The first kappa shape index (κ1) is 12.6. The van der Waals surface area contributed by atoms with Crippen LogP contribution in [-0.4, -0.2) is 60.1 Å². The van der Waals surface area contributed by atoms with Gasteiger partial charge in [-0.25, -0.2) is 0 Å². The van der Waals surface area contributed by atoms with Gasteiger partial charge in [-0.15, -0.1) is 0 Å². The highest BCUT2D eigenvalue weighted by atomic mass is 16.4. The Morgan fingerprint density at radius 3 is 2.71 bits per heavy atom. The van der Waals surface area contributed by atoms with Gasteiger partial charge in [0.05, 0.1) is 0 Å². The number of rotatable bonds is 4. The van der Waals surface area contributed by atoms with Crippen molar-refractivity contribution in [3.05, 3.63) is 0 Å². The third-order valence-corrected chi connectivity index (χ3v) is 4.15. The molecule has 0 bridgehead atoms. The summed E-state index contributed by atoms with van der Waals surface area (Å²) in [5.41, 5.74) is 5.93. The maximum atomic E-state index is 8.66. The normalized spacial score (nSPS) is 30.5. The Bertz CT molecular complexity index is 301. The molecule has 0 radical (unpaired) electrons. The molecule has 5 nitrogen and oxygen atoms in total. The van der Waals surface area contributed by atoms with E-state index >= 15 is 0 Å². The molecule has 1 atom stereocenters.